The lowest BCUT2D eigenvalue weighted by atomic mass is 9.93. The number of urea groups is 1. The first-order valence-corrected chi connectivity index (χ1v) is 4.46. The number of nitrogens with one attached hydrogen (secondary N) is 1. The molecule has 7 heteroatoms. The SMILES string of the molecule is NC(=O)NC1CCCCC1O[N+](=O)[O-]. The van der Waals surface area contributed by atoms with Crippen molar-refractivity contribution in [2.45, 2.75) is 37.8 Å². The van der Waals surface area contributed by atoms with E-state index in [4.69, 9.17) is 5.73 Å². The molecule has 0 aliphatic heterocycles. The second-order valence-corrected chi connectivity index (χ2v) is 3.27. The van der Waals surface area contributed by atoms with Crippen LogP contribution in [0, 0.1) is 10.1 Å². The molecular formula is C7H13N3O4. The van der Waals surface area contributed by atoms with E-state index in [1.807, 2.05) is 0 Å². The number of carbonyl (C=O) groups is 1. The molecule has 1 aliphatic carbocycles. The van der Waals surface area contributed by atoms with Crippen LogP contribution < -0.4 is 11.1 Å². The van der Waals surface area contributed by atoms with Crippen molar-refractivity contribution in [3.05, 3.63) is 10.1 Å². The summed E-state index contributed by atoms with van der Waals surface area (Å²) in [5.41, 5.74) is 4.94. The van der Waals surface area contributed by atoms with Gasteiger partial charge in [0.25, 0.3) is 5.09 Å². The molecule has 1 aliphatic rings. The van der Waals surface area contributed by atoms with Gasteiger partial charge in [-0.1, -0.05) is 12.8 Å². The van der Waals surface area contributed by atoms with Crippen LogP contribution in [0.15, 0.2) is 0 Å². The molecule has 0 aromatic heterocycles. The summed E-state index contributed by atoms with van der Waals surface area (Å²) in [6.07, 6.45) is 2.47. The normalized spacial score (nSPS) is 26.6. The van der Waals surface area contributed by atoms with Gasteiger partial charge in [-0.15, -0.1) is 10.1 Å². The van der Waals surface area contributed by atoms with Crippen LogP contribution in [0.5, 0.6) is 0 Å². The Hall–Kier alpha value is -1.53. The third-order valence-corrected chi connectivity index (χ3v) is 2.25. The number of rotatable bonds is 3. The van der Waals surface area contributed by atoms with E-state index in [2.05, 4.69) is 10.2 Å². The third-order valence-electron chi connectivity index (χ3n) is 2.25. The van der Waals surface area contributed by atoms with Crippen LogP contribution >= 0.6 is 0 Å². The number of nitrogens with zero attached hydrogens (tertiary/aromatic N) is 1. The van der Waals surface area contributed by atoms with Crippen molar-refractivity contribution in [2.75, 3.05) is 0 Å². The minimum atomic E-state index is -0.828. The van der Waals surface area contributed by atoms with E-state index < -0.39 is 17.2 Å². The molecule has 0 heterocycles. The van der Waals surface area contributed by atoms with Gasteiger partial charge < -0.3 is 15.9 Å². The molecule has 2 atom stereocenters. The van der Waals surface area contributed by atoms with E-state index in [0.29, 0.717) is 12.8 Å². The summed E-state index contributed by atoms with van der Waals surface area (Å²) in [6, 6.07) is -1.01. The smallest absolute Gasteiger partial charge is 0.312 e. The maximum Gasteiger partial charge on any atom is 0.312 e. The highest BCUT2D eigenvalue weighted by atomic mass is 17.0. The molecule has 7 nitrogen and oxygen atoms in total. The Labute approximate surface area is 80.7 Å². The first kappa shape index (κ1) is 10.6. The van der Waals surface area contributed by atoms with Crippen molar-refractivity contribution >= 4 is 6.03 Å². The molecule has 80 valence electrons. The Morgan fingerprint density at radius 1 is 1.50 bits per heavy atom. The highest BCUT2D eigenvalue weighted by Gasteiger charge is 2.28. The summed E-state index contributed by atoms with van der Waals surface area (Å²) in [5, 5.41) is 11.8. The highest BCUT2D eigenvalue weighted by Crippen LogP contribution is 2.21. The van der Waals surface area contributed by atoms with Crippen LogP contribution in [0.2, 0.25) is 0 Å². The third kappa shape index (κ3) is 3.08. The topological polar surface area (TPSA) is 107 Å². The summed E-state index contributed by atoms with van der Waals surface area (Å²) >= 11 is 0. The number of primary amides is 1. The predicted molar refractivity (Wildman–Crippen MR) is 46.8 cm³/mol. The van der Waals surface area contributed by atoms with Gasteiger partial charge in [0.05, 0.1) is 6.04 Å². The minimum Gasteiger partial charge on any atom is -0.352 e. The lowest BCUT2D eigenvalue weighted by molar-refractivity contribution is -0.769. The van der Waals surface area contributed by atoms with Crippen molar-refractivity contribution < 1.29 is 14.7 Å². The predicted octanol–water partition coefficient (Wildman–Crippen LogP) is 0.174. The molecular weight excluding hydrogens is 190 g/mol. The summed E-state index contributed by atoms with van der Waals surface area (Å²) < 4.78 is 0. The molecule has 0 aromatic carbocycles. The van der Waals surface area contributed by atoms with Gasteiger partial charge in [-0.05, 0) is 12.8 Å². The summed E-state index contributed by atoms with van der Waals surface area (Å²) in [6.45, 7) is 0. The molecule has 0 radical (unpaired) electrons. The van der Waals surface area contributed by atoms with E-state index in [-0.39, 0.29) is 6.04 Å². The Balaban J connectivity index is 2.49. The largest absolute Gasteiger partial charge is 0.352 e. The second-order valence-electron chi connectivity index (χ2n) is 3.27. The van der Waals surface area contributed by atoms with Crippen LogP contribution in [-0.2, 0) is 4.84 Å². The molecule has 2 amide bonds. The van der Waals surface area contributed by atoms with Crippen LogP contribution in [0.4, 0.5) is 4.79 Å². The molecule has 1 fully saturated rings. The fourth-order valence-electron chi connectivity index (χ4n) is 1.68. The lowest BCUT2D eigenvalue weighted by Crippen LogP contribution is -2.48. The fraction of sp³-hybridized carbons (Fsp3) is 0.857. The summed E-state index contributed by atoms with van der Waals surface area (Å²) in [4.78, 5) is 25.2. The number of nitrogens with two attached hydrogens (primary N) is 1. The summed E-state index contributed by atoms with van der Waals surface area (Å²) in [7, 11) is 0. The first-order valence-electron chi connectivity index (χ1n) is 4.46. The first-order chi connectivity index (χ1) is 6.59. The van der Waals surface area contributed by atoms with Crippen molar-refractivity contribution in [1.29, 1.82) is 0 Å². The van der Waals surface area contributed by atoms with Crippen molar-refractivity contribution in [3.63, 3.8) is 0 Å². The number of hydrogen-bond acceptors (Lipinski definition) is 4. The molecule has 14 heavy (non-hydrogen) atoms. The molecule has 1 rings (SSSR count). The zero-order chi connectivity index (χ0) is 10.6. The van der Waals surface area contributed by atoms with E-state index >= 15 is 0 Å². The molecule has 0 saturated heterocycles. The van der Waals surface area contributed by atoms with Gasteiger partial charge in [0.15, 0.2) is 0 Å². The number of amides is 2. The molecule has 0 bridgehead atoms. The number of hydrogen-bond donors (Lipinski definition) is 2. The lowest BCUT2D eigenvalue weighted by Gasteiger charge is -2.29. The average molecular weight is 203 g/mol. The van der Waals surface area contributed by atoms with Crippen LogP contribution in [0.3, 0.4) is 0 Å². The highest BCUT2D eigenvalue weighted by molar-refractivity contribution is 5.72. The van der Waals surface area contributed by atoms with Crippen LogP contribution in [-0.4, -0.2) is 23.3 Å². The summed E-state index contributed by atoms with van der Waals surface area (Å²) in [5.74, 6) is 0. The van der Waals surface area contributed by atoms with Crippen LogP contribution in [0.25, 0.3) is 0 Å². The molecule has 1 saturated carbocycles. The Morgan fingerprint density at radius 2 is 2.14 bits per heavy atom. The van der Waals surface area contributed by atoms with Crippen LogP contribution in [0.1, 0.15) is 25.7 Å². The Morgan fingerprint density at radius 3 is 2.71 bits per heavy atom. The average Bonchev–Trinajstić information content (AvgIpc) is 2.06. The van der Waals surface area contributed by atoms with E-state index in [0.717, 1.165) is 12.8 Å². The van der Waals surface area contributed by atoms with Gasteiger partial charge in [0.2, 0.25) is 0 Å². The van der Waals surface area contributed by atoms with Gasteiger partial charge >= 0.3 is 6.03 Å². The zero-order valence-electron chi connectivity index (χ0n) is 7.64. The van der Waals surface area contributed by atoms with E-state index in [9.17, 15) is 14.9 Å². The zero-order valence-corrected chi connectivity index (χ0v) is 7.64. The maximum atomic E-state index is 10.6. The molecule has 2 unspecified atom stereocenters. The molecule has 0 spiro atoms. The van der Waals surface area contributed by atoms with Gasteiger partial charge in [-0.2, -0.15) is 0 Å². The standard InChI is InChI=1S/C7H13N3O4/c8-7(11)9-5-3-1-2-4-6(5)14-10(12)13/h5-6H,1-4H2,(H3,8,9,11). The molecule has 3 N–H and O–H groups in total. The number of carbonyl (C=O) groups excluding carboxylic acids is 1. The quantitative estimate of drug-likeness (QED) is 0.503. The second kappa shape index (κ2) is 4.64. The van der Waals surface area contributed by atoms with Gasteiger partial charge in [-0.25, -0.2) is 4.79 Å². The Bertz CT molecular complexity index is 209. The fourth-order valence-corrected chi connectivity index (χ4v) is 1.68. The minimum absolute atomic E-state index is 0.341. The van der Waals surface area contributed by atoms with Crippen molar-refractivity contribution in [1.82, 2.24) is 5.32 Å². The van der Waals surface area contributed by atoms with Crippen molar-refractivity contribution in [2.24, 2.45) is 5.73 Å². The maximum absolute atomic E-state index is 10.6. The van der Waals surface area contributed by atoms with Gasteiger partial charge in [-0.3, -0.25) is 0 Å². The van der Waals surface area contributed by atoms with Crippen molar-refractivity contribution in [3.8, 4) is 0 Å². The van der Waals surface area contributed by atoms with Gasteiger partial charge in [0, 0.05) is 0 Å². The van der Waals surface area contributed by atoms with E-state index in [1.54, 1.807) is 0 Å². The van der Waals surface area contributed by atoms with Gasteiger partial charge in [0.1, 0.15) is 6.10 Å². The monoisotopic (exact) mass is 203 g/mol. The molecule has 0 aromatic rings. The Kier molecular flexibility index (Phi) is 3.49. The van der Waals surface area contributed by atoms with E-state index in [1.165, 1.54) is 0 Å².